The lowest BCUT2D eigenvalue weighted by molar-refractivity contribution is 0.450. The molecule has 134 valence electrons. The lowest BCUT2D eigenvalue weighted by Crippen LogP contribution is -2.39. The molecule has 0 heterocycles. The van der Waals surface area contributed by atoms with Crippen LogP contribution in [0.4, 0.5) is 4.39 Å². The maximum absolute atomic E-state index is 13.7. The zero-order chi connectivity index (χ0) is 18.4. The summed E-state index contributed by atoms with van der Waals surface area (Å²) in [6, 6.07) is 11.8. The largest absolute Gasteiger partial charge is 0.543 e. The Balaban J connectivity index is 2.37. The SMILES string of the molecule is CC[Si](CC)(CC)Oc1ccc(F)cc1C=Cc1cc(O)cc(O)c1. The second-order valence-corrected chi connectivity index (χ2v) is 10.8. The summed E-state index contributed by atoms with van der Waals surface area (Å²) in [4.78, 5) is 0. The first-order valence-electron chi connectivity index (χ1n) is 8.61. The first kappa shape index (κ1) is 19.1. The molecule has 0 unspecified atom stereocenters. The molecule has 0 radical (unpaired) electrons. The van der Waals surface area contributed by atoms with Crippen LogP contribution >= 0.6 is 0 Å². The number of aromatic hydroxyl groups is 2. The van der Waals surface area contributed by atoms with E-state index in [2.05, 4.69) is 20.8 Å². The first-order valence-corrected chi connectivity index (χ1v) is 11.1. The van der Waals surface area contributed by atoms with Gasteiger partial charge in [-0.05, 0) is 54.0 Å². The molecule has 0 aliphatic heterocycles. The van der Waals surface area contributed by atoms with Gasteiger partial charge < -0.3 is 14.6 Å². The molecule has 0 aliphatic carbocycles. The number of halogens is 1. The Morgan fingerprint density at radius 3 is 2.08 bits per heavy atom. The third-order valence-corrected chi connectivity index (χ3v) is 9.13. The molecule has 0 atom stereocenters. The van der Waals surface area contributed by atoms with E-state index in [1.807, 2.05) is 0 Å². The number of benzene rings is 2. The zero-order valence-electron chi connectivity index (χ0n) is 14.9. The Morgan fingerprint density at radius 2 is 1.52 bits per heavy atom. The van der Waals surface area contributed by atoms with Crippen LogP contribution < -0.4 is 4.43 Å². The highest BCUT2D eigenvalue weighted by Crippen LogP contribution is 2.30. The molecule has 0 aromatic heterocycles. The molecule has 25 heavy (non-hydrogen) atoms. The fourth-order valence-corrected chi connectivity index (χ4v) is 5.43. The zero-order valence-corrected chi connectivity index (χ0v) is 15.9. The topological polar surface area (TPSA) is 49.7 Å². The fourth-order valence-electron chi connectivity index (χ4n) is 2.84. The highest BCUT2D eigenvalue weighted by atomic mass is 28.4. The Labute approximate surface area is 149 Å². The molecule has 0 spiro atoms. The van der Waals surface area contributed by atoms with E-state index in [-0.39, 0.29) is 17.3 Å². The molecule has 0 saturated heterocycles. The van der Waals surface area contributed by atoms with Crippen LogP contribution in [-0.2, 0) is 0 Å². The van der Waals surface area contributed by atoms with Gasteiger partial charge >= 0.3 is 0 Å². The number of hydrogen-bond donors (Lipinski definition) is 2. The molecule has 2 N–H and O–H groups in total. The Morgan fingerprint density at radius 1 is 0.920 bits per heavy atom. The molecular formula is C20H25FO3Si. The Bertz CT molecular complexity index is 726. The third kappa shape index (κ3) is 4.86. The summed E-state index contributed by atoms with van der Waals surface area (Å²) < 4.78 is 20.1. The summed E-state index contributed by atoms with van der Waals surface area (Å²) in [5.41, 5.74) is 1.27. The van der Waals surface area contributed by atoms with Crippen LogP contribution in [0.2, 0.25) is 18.1 Å². The summed E-state index contributed by atoms with van der Waals surface area (Å²) in [5.74, 6) is 0.302. The predicted octanol–water partition coefficient (Wildman–Crippen LogP) is 5.79. The molecule has 0 bridgehead atoms. The third-order valence-electron chi connectivity index (χ3n) is 4.61. The van der Waals surface area contributed by atoms with Crippen molar-refractivity contribution in [2.45, 2.75) is 38.9 Å². The van der Waals surface area contributed by atoms with Crippen LogP contribution in [0.5, 0.6) is 17.2 Å². The van der Waals surface area contributed by atoms with Gasteiger partial charge in [-0.15, -0.1) is 0 Å². The minimum absolute atomic E-state index is 0.0234. The maximum atomic E-state index is 13.7. The number of phenolic OH excluding ortho intramolecular Hbond substituents is 2. The van der Waals surface area contributed by atoms with Crippen molar-refractivity contribution in [3.05, 3.63) is 53.3 Å². The molecular weight excluding hydrogens is 335 g/mol. The van der Waals surface area contributed by atoms with Crippen LogP contribution in [0.25, 0.3) is 12.2 Å². The fraction of sp³-hybridized carbons (Fsp3) is 0.300. The highest BCUT2D eigenvalue weighted by Gasteiger charge is 2.31. The number of phenols is 2. The van der Waals surface area contributed by atoms with E-state index >= 15 is 0 Å². The smallest absolute Gasteiger partial charge is 0.250 e. The van der Waals surface area contributed by atoms with Crippen LogP contribution in [0.15, 0.2) is 36.4 Å². The molecule has 2 aromatic rings. The van der Waals surface area contributed by atoms with Gasteiger partial charge in [-0.2, -0.15) is 0 Å². The highest BCUT2D eigenvalue weighted by molar-refractivity contribution is 6.74. The predicted molar refractivity (Wildman–Crippen MR) is 103 cm³/mol. The summed E-state index contributed by atoms with van der Waals surface area (Å²) in [6.45, 7) is 6.44. The van der Waals surface area contributed by atoms with Gasteiger partial charge in [0.1, 0.15) is 23.1 Å². The van der Waals surface area contributed by atoms with Crippen LogP contribution in [0.3, 0.4) is 0 Å². The van der Waals surface area contributed by atoms with Crippen molar-refractivity contribution >= 4 is 20.5 Å². The number of hydrogen-bond acceptors (Lipinski definition) is 3. The molecule has 3 nitrogen and oxygen atoms in total. The normalized spacial score (nSPS) is 11.8. The number of rotatable bonds is 7. The lowest BCUT2D eigenvalue weighted by Gasteiger charge is -2.29. The van der Waals surface area contributed by atoms with Gasteiger partial charge in [-0.1, -0.05) is 32.9 Å². The monoisotopic (exact) mass is 360 g/mol. The molecule has 0 amide bonds. The van der Waals surface area contributed by atoms with Crippen LogP contribution in [-0.4, -0.2) is 18.5 Å². The van der Waals surface area contributed by atoms with Crippen molar-refractivity contribution in [2.24, 2.45) is 0 Å². The van der Waals surface area contributed by atoms with Crippen molar-refractivity contribution in [2.75, 3.05) is 0 Å². The van der Waals surface area contributed by atoms with E-state index in [1.54, 1.807) is 18.2 Å². The molecule has 2 aromatic carbocycles. The second-order valence-electron chi connectivity index (χ2n) is 6.14. The van der Waals surface area contributed by atoms with Gasteiger partial charge in [0, 0.05) is 11.6 Å². The lowest BCUT2D eigenvalue weighted by atomic mass is 10.1. The van der Waals surface area contributed by atoms with Crippen molar-refractivity contribution in [1.29, 1.82) is 0 Å². The minimum Gasteiger partial charge on any atom is -0.543 e. The second kappa shape index (κ2) is 8.21. The quantitative estimate of drug-likeness (QED) is 0.485. The summed E-state index contributed by atoms with van der Waals surface area (Å²) >= 11 is 0. The van der Waals surface area contributed by atoms with Crippen LogP contribution in [0.1, 0.15) is 31.9 Å². The van der Waals surface area contributed by atoms with E-state index in [9.17, 15) is 14.6 Å². The molecule has 2 rings (SSSR count). The van der Waals surface area contributed by atoms with Gasteiger partial charge in [-0.25, -0.2) is 4.39 Å². The van der Waals surface area contributed by atoms with E-state index in [1.165, 1.54) is 30.3 Å². The van der Waals surface area contributed by atoms with Crippen LogP contribution in [0, 0.1) is 5.82 Å². The maximum Gasteiger partial charge on any atom is 0.250 e. The van der Waals surface area contributed by atoms with Gasteiger partial charge in [0.25, 0.3) is 8.32 Å². The van der Waals surface area contributed by atoms with Crippen molar-refractivity contribution < 1.29 is 19.0 Å². The summed E-state index contributed by atoms with van der Waals surface area (Å²) in [7, 11) is -1.87. The van der Waals surface area contributed by atoms with Crippen molar-refractivity contribution in [3.63, 3.8) is 0 Å². The molecule has 0 saturated carbocycles. The molecule has 0 fully saturated rings. The van der Waals surface area contributed by atoms with Crippen molar-refractivity contribution in [1.82, 2.24) is 0 Å². The van der Waals surface area contributed by atoms with E-state index in [0.717, 1.165) is 18.1 Å². The Hall–Kier alpha value is -2.27. The van der Waals surface area contributed by atoms with E-state index in [0.29, 0.717) is 16.9 Å². The van der Waals surface area contributed by atoms with Gasteiger partial charge in [-0.3, -0.25) is 0 Å². The molecule has 0 aliphatic rings. The average Bonchev–Trinajstić information content (AvgIpc) is 2.59. The van der Waals surface area contributed by atoms with E-state index in [4.69, 9.17) is 4.43 Å². The minimum atomic E-state index is -1.87. The van der Waals surface area contributed by atoms with Crippen molar-refractivity contribution in [3.8, 4) is 17.2 Å². The Kier molecular flexibility index (Phi) is 6.25. The standard InChI is InChI=1S/C20H25FO3Si/c1-4-25(5-2,6-3)24-20-10-9-17(21)13-16(20)8-7-15-11-18(22)14-19(23)12-15/h7-14,22-23H,4-6H2,1-3H3. The average molecular weight is 361 g/mol. The summed E-state index contributed by atoms with van der Waals surface area (Å²) in [6.07, 6.45) is 3.46. The van der Waals surface area contributed by atoms with Gasteiger partial charge in [0.15, 0.2) is 0 Å². The molecule has 5 heteroatoms. The van der Waals surface area contributed by atoms with Gasteiger partial charge in [0.2, 0.25) is 0 Å². The first-order chi connectivity index (χ1) is 11.9. The van der Waals surface area contributed by atoms with E-state index < -0.39 is 8.32 Å². The van der Waals surface area contributed by atoms with Gasteiger partial charge in [0.05, 0.1) is 0 Å². The summed E-state index contributed by atoms with van der Waals surface area (Å²) in [5, 5.41) is 19.1.